The molecule has 0 amide bonds. The van der Waals surface area contributed by atoms with Crippen molar-refractivity contribution in [2.45, 2.75) is 77.7 Å². The van der Waals surface area contributed by atoms with Gasteiger partial charge >= 0.3 is 0 Å². The van der Waals surface area contributed by atoms with Crippen molar-refractivity contribution >= 4 is 0 Å². The van der Waals surface area contributed by atoms with Crippen molar-refractivity contribution in [1.82, 2.24) is 5.32 Å². The lowest BCUT2D eigenvalue weighted by Crippen LogP contribution is -2.45. The van der Waals surface area contributed by atoms with E-state index in [2.05, 4.69) is 26.1 Å². The highest BCUT2D eigenvalue weighted by Crippen LogP contribution is 2.31. The lowest BCUT2D eigenvalue weighted by molar-refractivity contribution is 0.229. The van der Waals surface area contributed by atoms with Crippen molar-refractivity contribution in [2.75, 3.05) is 6.54 Å². The van der Waals surface area contributed by atoms with Gasteiger partial charge in [-0.2, -0.15) is 0 Å². The Morgan fingerprint density at radius 2 is 1.80 bits per heavy atom. The first-order chi connectivity index (χ1) is 7.26. The van der Waals surface area contributed by atoms with E-state index in [1.165, 1.54) is 57.9 Å². The molecule has 1 fully saturated rings. The van der Waals surface area contributed by atoms with Crippen LogP contribution in [0.25, 0.3) is 0 Å². The van der Waals surface area contributed by atoms with Crippen LogP contribution < -0.4 is 5.32 Å². The fourth-order valence-electron chi connectivity index (χ4n) is 2.96. The number of rotatable bonds is 5. The minimum atomic E-state index is 0.479. The minimum Gasteiger partial charge on any atom is -0.311 e. The second kappa shape index (κ2) is 6.52. The van der Waals surface area contributed by atoms with Gasteiger partial charge in [-0.25, -0.2) is 0 Å². The Balaban J connectivity index is 2.56. The third-order valence-electron chi connectivity index (χ3n) is 4.34. The summed E-state index contributed by atoms with van der Waals surface area (Å²) in [5, 5.41) is 3.84. The Bertz CT molecular complexity index is 153. The smallest absolute Gasteiger partial charge is 0.0181 e. The van der Waals surface area contributed by atoms with E-state index < -0.39 is 0 Å². The molecule has 0 saturated carbocycles. The summed E-state index contributed by atoms with van der Waals surface area (Å²) in [6.07, 6.45) is 11.0. The molecule has 1 nitrogen and oxygen atoms in total. The molecule has 0 aromatic heterocycles. The number of hydrogen-bond acceptors (Lipinski definition) is 1. The molecule has 0 bridgehead atoms. The van der Waals surface area contributed by atoms with E-state index in [1.807, 2.05) is 0 Å². The van der Waals surface area contributed by atoms with Crippen molar-refractivity contribution in [2.24, 2.45) is 5.92 Å². The van der Waals surface area contributed by atoms with E-state index in [0.29, 0.717) is 5.54 Å². The van der Waals surface area contributed by atoms with Crippen LogP contribution >= 0.6 is 0 Å². The molecule has 15 heavy (non-hydrogen) atoms. The Hall–Kier alpha value is -0.0400. The molecule has 1 rings (SSSR count). The van der Waals surface area contributed by atoms with E-state index in [9.17, 15) is 0 Å². The summed E-state index contributed by atoms with van der Waals surface area (Å²) in [4.78, 5) is 0. The van der Waals surface area contributed by atoms with Crippen molar-refractivity contribution < 1.29 is 0 Å². The quantitative estimate of drug-likeness (QED) is 0.721. The fraction of sp³-hybridized carbons (Fsp3) is 1.00. The predicted molar refractivity (Wildman–Crippen MR) is 68.2 cm³/mol. The standard InChI is InChI=1S/C14H29N/c1-4-13(5-2)12-14(6-3)10-8-7-9-11-15-14/h13,15H,4-12H2,1-3H3. The van der Waals surface area contributed by atoms with E-state index in [4.69, 9.17) is 0 Å². The molecule has 1 atom stereocenters. The maximum absolute atomic E-state index is 3.84. The van der Waals surface area contributed by atoms with Crippen molar-refractivity contribution in [3.05, 3.63) is 0 Å². The molecule has 1 unspecified atom stereocenters. The topological polar surface area (TPSA) is 12.0 Å². The molecular formula is C14H29N. The van der Waals surface area contributed by atoms with Gasteiger partial charge in [0, 0.05) is 5.54 Å². The second-order valence-corrected chi connectivity index (χ2v) is 5.26. The molecule has 1 heteroatoms. The maximum Gasteiger partial charge on any atom is 0.0181 e. The third kappa shape index (κ3) is 3.79. The molecular weight excluding hydrogens is 182 g/mol. The largest absolute Gasteiger partial charge is 0.311 e. The summed E-state index contributed by atoms with van der Waals surface area (Å²) in [6.45, 7) is 8.29. The molecule has 1 aliphatic rings. The van der Waals surface area contributed by atoms with Gasteiger partial charge in [-0.3, -0.25) is 0 Å². The summed E-state index contributed by atoms with van der Waals surface area (Å²) in [7, 11) is 0. The van der Waals surface area contributed by atoms with E-state index in [-0.39, 0.29) is 0 Å². The second-order valence-electron chi connectivity index (χ2n) is 5.26. The summed E-state index contributed by atoms with van der Waals surface area (Å²) in [5.41, 5.74) is 0.479. The van der Waals surface area contributed by atoms with Crippen molar-refractivity contribution in [3.8, 4) is 0 Å². The zero-order valence-electron chi connectivity index (χ0n) is 10.9. The molecule has 1 aliphatic heterocycles. The van der Waals surface area contributed by atoms with Crippen LogP contribution in [0.4, 0.5) is 0 Å². The van der Waals surface area contributed by atoms with E-state index >= 15 is 0 Å². The molecule has 1 N–H and O–H groups in total. The van der Waals surface area contributed by atoms with Gasteiger partial charge in [0.05, 0.1) is 0 Å². The van der Waals surface area contributed by atoms with Crippen LogP contribution in [0.1, 0.15) is 72.1 Å². The van der Waals surface area contributed by atoms with Gasteiger partial charge in [-0.1, -0.05) is 46.5 Å². The minimum absolute atomic E-state index is 0.479. The van der Waals surface area contributed by atoms with Crippen LogP contribution in [-0.2, 0) is 0 Å². The lowest BCUT2D eigenvalue weighted by Gasteiger charge is -2.36. The first-order valence-electron chi connectivity index (χ1n) is 7.01. The SMILES string of the molecule is CCC(CC)CC1(CC)CCCCCN1. The van der Waals surface area contributed by atoms with Crippen molar-refractivity contribution in [1.29, 1.82) is 0 Å². The predicted octanol–water partition coefficient (Wildman–Crippen LogP) is 4.13. The molecule has 0 aromatic rings. The van der Waals surface area contributed by atoms with Crippen LogP contribution in [-0.4, -0.2) is 12.1 Å². The number of nitrogens with one attached hydrogen (secondary N) is 1. The average molecular weight is 211 g/mol. The van der Waals surface area contributed by atoms with Gasteiger partial charge < -0.3 is 5.32 Å². The van der Waals surface area contributed by atoms with E-state index in [0.717, 1.165) is 5.92 Å². The van der Waals surface area contributed by atoms with E-state index in [1.54, 1.807) is 0 Å². The molecule has 0 radical (unpaired) electrons. The molecule has 1 heterocycles. The Morgan fingerprint density at radius 3 is 2.40 bits per heavy atom. The average Bonchev–Trinajstić information content (AvgIpc) is 2.52. The third-order valence-corrected chi connectivity index (χ3v) is 4.34. The highest BCUT2D eigenvalue weighted by atomic mass is 15.0. The van der Waals surface area contributed by atoms with Gasteiger partial charge in [0.25, 0.3) is 0 Å². The van der Waals surface area contributed by atoms with Gasteiger partial charge in [0.1, 0.15) is 0 Å². The summed E-state index contributed by atoms with van der Waals surface area (Å²) in [6, 6.07) is 0. The summed E-state index contributed by atoms with van der Waals surface area (Å²) < 4.78 is 0. The van der Waals surface area contributed by atoms with Crippen LogP contribution in [0, 0.1) is 5.92 Å². The molecule has 0 aliphatic carbocycles. The van der Waals surface area contributed by atoms with Crippen LogP contribution in [0.2, 0.25) is 0 Å². The Morgan fingerprint density at radius 1 is 1.07 bits per heavy atom. The highest BCUT2D eigenvalue weighted by molar-refractivity contribution is 4.90. The normalized spacial score (nSPS) is 28.0. The summed E-state index contributed by atoms with van der Waals surface area (Å²) in [5.74, 6) is 0.926. The Kier molecular flexibility index (Phi) is 5.66. The van der Waals surface area contributed by atoms with Crippen LogP contribution in [0.5, 0.6) is 0 Å². The molecule has 1 saturated heterocycles. The zero-order valence-corrected chi connectivity index (χ0v) is 10.9. The Labute approximate surface area is 96.0 Å². The zero-order chi connectivity index (χ0) is 11.1. The van der Waals surface area contributed by atoms with Gasteiger partial charge in [-0.15, -0.1) is 0 Å². The maximum atomic E-state index is 3.84. The van der Waals surface area contributed by atoms with Gasteiger partial charge in [0.15, 0.2) is 0 Å². The molecule has 90 valence electrons. The summed E-state index contributed by atoms with van der Waals surface area (Å²) >= 11 is 0. The van der Waals surface area contributed by atoms with Crippen molar-refractivity contribution in [3.63, 3.8) is 0 Å². The lowest BCUT2D eigenvalue weighted by atomic mass is 9.80. The molecule has 0 aromatic carbocycles. The highest BCUT2D eigenvalue weighted by Gasteiger charge is 2.30. The molecule has 0 spiro atoms. The van der Waals surface area contributed by atoms with Crippen LogP contribution in [0.3, 0.4) is 0 Å². The van der Waals surface area contributed by atoms with Gasteiger partial charge in [0.2, 0.25) is 0 Å². The number of hydrogen-bond donors (Lipinski definition) is 1. The monoisotopic (exact) mass is 211 g/mol. The first-order valence-corrected chi connectivity index (χ1v) is 7.01. The first kappa shape index (κ1) is 13.0. The van der Waals surface area contributed by atoms with Gasteiger partial charge in [-0.05, 0) is 38.1 Å². The van der Waals surface area contributed by atoms with Crippen LogP contribution in [0.15, 0.2) is 0 Å². The fourth-order valence-corrected chi connectivity index (χ4v) is 2.96.